The van der Waals surface area contributed by atoms with Crippen LogP contribution in [0.1, 0.15) is 20.3 Å². The lowest BCUT2D eigenvalue weighted by Crippen LogP contribution is -2.37. The zero-order valence-corrected chi connectivity index (χ0v) is 14.6. The van der Waals surface area contributed by atoms with Gasteiger partial charge in [0.15, 0.2) is 0 Å². The second-order valence-electron chi connectivity index (χ2n) is 4.19. The van der Waals surface area contributed by atoms with Crippen LogP contribution in [0.25, 0.3) is 0 Å². The summed E-state index contributed by atoms with van der Waals surface area (Å²) in [5.74, 6) is 0. The molecule has 104 valence electrons. The maximum Gasteiger partial charge on any atom is 0.244 e. The lowest BCUT2D eigenvalue weighted by atomic mass is 10.3. The molecule has 0 spiro atoms. The molecule has 0 N–H and O–H groups in total. The first-order chi connectivity index (χ1) is 8.80. The molecule has 0 aromatic heterocycles. The fourth-order valence-corrected chi connectivity index (χ4v) is 4.97. The van der Waals surface area contributed by atoms with Gasteiger partial charge >= 0.3 is 0 Å². The van der Waals surface area contributed by atoms with Gasteiger partial charge < -0.3 is 0 Å². The maximum atomic E-state index is 12.6. The van der Waals surface area contributed by atoms with Crippen LogP contribution >= 0.6 is 31.9 Å². The molecule has 0 saturated heterocycles. The van der Waals surface area contributed by atoms with Crippen molar-refractivity contribution in [3.63, 3.8) is 0 Å². The molecule has 0 fully saturated rings. The normalized spacial score (nSPS) is 11.8. The summed E-state index contributed by atoms with van der Waals surface area (Å²) in [6, 6.07) is 6.69. The quantitative estimate of drug-likeness (QED) is 0.747. The summed E-state index contributed by atoms with van der Waals surface area (Å²) in [6.45, 7) is 3.78. The smallest absolute Gasteiger partial charge is 0.207 e. The molecule has 0 bridgehead atoms. The highest BCUT2D eigenvalue weighted by Gasteiger charge is 2.28. The summed E-state index contributed by atoms with van der Waals surface area (Å²) in [6.07, 6.45) is 0.172. The Bertz CT molecular complexity index is 594. The Hall–Kier alpha value is -0.420. The number of nitriles is 1. The van der Waals surface area contributed by atoms with Crippen molar-refractivity contribution in [2.75, 3.05) is 6.54 Å². The first-order valence-corrected chi connectivity index (χ1v) is 8.67. The maximum absolute atomic E-state index is 12.6. The minimum atomic E-state index is -3.61. The van der Waals surface area contributed by atoms with Crippen LogP contribution < -0.4 is 0 Å². The zero-order chi connectivity index (χ0) is 14.6. The Morgan fingerprint density at radius 1 is 1.37 bits per heavy atom. The largest absolute Gasteiger partial charge is 0.244 e. The van der Waals surface area contributed by atoms with E-state index in [1.807, 2.05) is 6.07 Å². The van der Waals surface area contributed by atoms with Crippen LogP contribution in [0.4, 0.5) is 0 Å². The molecule has 0 aliphatic heterocycles. The van der Waals surface area contributed by atoms with Gasteiger partial charge in [-0.05, 0) is 48.0 Å². The average Bonchev–Trinajstić information content (AvgIpc) is 2.27. The van der Waals surface area contributed by atoms with Crippen LogP contribution in [0.3, 0.4) is 0 Å². The number of hydrogen-bond acceptors (Lipinski definition) is 3. The summed E-state index contributed by atoms with van der Waals surface area (Å²) >= 11 is 6.56. The molecule has 1 rings (SSSR count). The zero-order valence-electron chi connectivity index (χ0n) is 10.6. The molecule has 0 aliphatic rings. The second kappa shape index (κ2) is 6.84. The van der Waals surface area contributed by atoms with Crippen molar-refractivity contribution in [3.8, 4) is 6.07 Å². The highest BCUT2D eigenvalue weighted by molar-refractivity contribution is 9.11. The van der Waals surface area contributed by atoms with Crippen molar-refractivity contribution in [1.82, 2.24) is 4.31 Å². The predicted molar refractivity (Wildman–Crippen MR) is 81.1 cm³/mol. The lowest BCUT2D eigenvalue weighted by Gasteiger charge is -2.25. The number of rotatable bonds is 5. The summed E-state index contributed by atoms with van der Waals surface area (Å²) < 4.78 is 27.8. The fraction of sp³-hybridized carbons (Fsp3) is 0.417. The van der Waals surface area contributed by atoms with Gasteiger partial charge in [0.2, 0.25) is 10.0 Å². The first-order valence-electron chi connectivity index (χ1n) is 5.64. The van der Waals surface area contributed by atoms with E-state index in [9.17, 15) is 8.42 Å². The van der Waals surface area contributed by atoms with E-state index in [-0.39, 0.29) is 23.9 Å². The van der Waals surface area contributed by atoms with E-state index in [1.165, 1.54) is 4.31 Å². The molecule has 0 aliphatic carbocycles. The van der Waals surface area contributed by atoms with Crippen molar-refractivity contribution >= 4 is 41.9 Å². The van der Waals surface area contributed by atoms with Crippen LogP contribution in [0.15, 0.2) is 32.0 Å². The van der Waals surface area contributed by atoms with Crippen LogP contribution in [-0.2, 0) is 10.0 Å². The number of nitrogens with zero attached hydrogens (tertiary/aromatic N) is 2. The molecular weight excluding hydrogens is 396 g/mol. The highest BCUT2D eigenvalue weighted by Crippen LogP contribution is 2.29. The summed E-state index contributed by atoms with van der Waals surface area (Å²) in [4.78, 5) is 0.210. The van der Waals surface area contributed by atoms with E-state index >= 15 is 0 Å². The molecule has 0 radical (unpaired) electrons. The molecule has 0 heterocycles. The molecule has 1 aromatic carbocycles. The molecule has 7 heteroatoms. The number of sulfonamides is 1. The van der Waals surface area contributed by atoms with E-state index in [2.05, 4.69) is 31.9 Å². The molecule has 0 amide bonds. The van der Waals surface area contributed by atoms with Gasteiger partial charge in [0, 0.05) is 28.0 Å². The third-order valence-corrected chi connectivity index (χ3v) is 6.05. The van der Waals surface area contributed by atoms with Crippen molar-refractivity contribution in [2.24, 2.45) is 0 Å². The topological polar surface area (TPSA) is 61.2 Å². The Kier molecular flexibility index (Phi) is 5.99. The Balaban J connectivity index is 3.23. The van der Waals surface area contributed by atoms with Crippen LogP contribution in [0.5, 0.6) is 0 Å². The third kappa shape index (κ3) is 4.02. The lowest BCUT2D eigenvalue weighted by molar-refractivity contribution is 0.360. The van der Waals surface area contributed by atoms with E-state index < -0.39 is 10.0 Å². The molecule has 0 unspecified atom stereocenters. The van der Waals surface area contributed by atoms with Crippen molar-refractivity contribution < 1.29 is 8.42 Å². The Morgan fingerprint density at radius 3 is 2.47 bits per heavy atom. The summed E-state index contributed by atoms with van der Waals surface area (Å²) in [5, 5.41) is 8.64. The van der Waals surface area contributed by atoms with E-state index in [1.54, 1.807) is 32.0 Å². The second-order valence-corrected chi connectivity index (χ2v) is 7.82. The van der Waals surface area contributed by atoms with Gasteiger partial charge in [-0.15, -0.1) is 0 Å². The van der Waals surface area contributed by atoms with Crippen molar-refractivity contribution in [3.05, 3.63) is 27.1 Å². The number of benzene rings is 1. The predicted octanol–water partition coefficient (Wildman–Crippen LogP) is 3.52. The van der Waals surface area contributed by atoms with Gasteiger partial charge in [0.05, 0.1) is 11.0 Å². The van der Waals surface area contributed by atoms with Crippen LogP contribution in [0.2, 0.25) is 0 Å². The van der Waals surface area contributed by atoms with Gasteiger partial charge in [-0.2, -0.15) is 9.57 Å². The summed E-state index contributed by atoms with van der Waals surface area (Å²) in [7, 11) is -3.61. The monoisotopic (exact) mass is 408 g/mol. The Labute approximate surface area is 130 Å². The highest BCUT2D eigenvalue weighted by atomic mass is 79.9. The standard InChI is InChI=1S/C12H14Br2N2O2S/c1-9(2)16(7-3-6-15)19(17,18)12-5-4-10(13)8-11(12)14/h4-5,8-9H,3,7H2,1-2H3. The number of halogens is 2. The van der Waals surface area contributed by atoms with Gasteiger partial charge in [-0.1, -0.05) is 15.9 Å². The van der Waals surface area contributed by atoms with Crippen LogP contribution in [-0.4, -0.2) is 25.3 Å². The van der Waals surface area contributed by atoms with Gasteiger partial charge in [-0.3, -0.25) is 0 Å². The SMILES string of the molecule is CC(C)N(CCC#N)S(=O)(=O)c1ccc(Br)cc1Br. The third-order valence-electron chi connectivity index (χ3n) is 2.50. The van der Waals surface area contributed by atoms with E-state index in [0.29, 0.717) is 4.47 Å². The summed E-state index contributed by atoms with van der Waals surface area (Å²) in [5.41, 5.74) is 0. The van der Waals surface area contributed by atoms with Gasteiger partial charge in [-0.25, -0.2) is 8.42 Å². The molecule has 19 heavy (non-hydrogen) atoms. The first kappa shape index (κ1) is 16.6. The van der Waals surface area contributed by atoms with Gasteiger partial charge in [0.1, 0.15) is 0 Å². The van der Waals surface area contributed by atoms with E-state index in [0.717, 1.165) is 4.47 Å². The minimum Gasteiger partial charge on any atom is -0.207 e. The Morgan fingerprint density at radius 2 is 2.00 bits per heavy atom. The molecule has 0 atom stereocenters. The fourth-order valence-electron chi connectivity index (χ4n) is 1.63. The average molecular weight is 410 g/mol. The van der Waals surface area contributed by atoms with Crippen molar-refractivity contribution in [1.29, 1.82) is 5.26 Å². The van der Waals surface area contributed by atoms with Crippen molar-refractivity contribution in [2.45, 2.75) is 31.2 Å². The molecule has 1 aromatic rings. The molecule has 4 nitrogen and oxygen atoms in total. The molecular formula is C12H14Br2N2O2S. The molecule has 0 saturated carbocycles. The van der Waals surface area contributed by atoms with E-state index in [4.69, 9.17) is 5.26 Å². The van der Waals surface area contributed by atoms with Gasteiger partial charge in [0.25, 0.3) is 0 Å². The minimum absolute atomic E-state index is 0.172. The van der Waals surface area contributed by atoms with Crippen LogP contribution in [0, 0.1) is 11.3 Å². The number of hydrogen-bond donors (Lipinski definition) is 0.